The summed E-state index contributed by atoms with van der Waals surface area (Å²) in [5.41, 5.74) is 4.09. The van der Waals surface area contributed by atoms with Crippen molar-refractivity contribution < 1.29 is 9.72 Å². The molecule has 2 aromatic heterocycles. The average molecular weight is 467 g/mol. The number of hydrogen-bond donors (Lipinski definition) is 2. The van der Waals surface area contributed by atoms with Crippen LogP contribution < -0.4 is 10.9 Å². The highest BCUT2D eigenvalue weighted by atomic mass is 32.2. The minimum atomic E-state index is -0.526. The van der Waals surface area contributed by atoms with Gasteiger partial charge in [0.1, 0.15) is 4.83 Å². The maximum atomic E-state index is 12.8. The summed E-state index contributed by atoms with van der Waals surface area (Å²) in [5, 5.41) is 16.3. The molecule has 4 rings (SSSR count). The highest BCUT2D eigenvalue weighted by Crippen LogP contribution is 2.32. The Hall–Kier alpha value is -3.50. The van der Waals surface area contributed by atoms with Gasteiger partial charge in [-0.15, -0.1) is 11.3 Å². The summed E-state index contributed by atoms with van der Waals surface area (Å²) in [7, 11) is 0. The van der Waals surface area contributed by atoms with E-state index in [1.807, 2.05) is 31.4 Å². The third-order valence-corrected chi connectivity index (χ3v) is 6.67. The third-order valence-electron chi connectivity index (χ3n) is 4.92. The Balaban J connectivity index is 1.50. The molecule has 8 nitrogen and oxygen atoms in total. The molecule has 10 heteroatoms. The molecule has 0 fully saturated rings. The van der Waals surface area contributed by atoms with Gasteiger partial charge < -0.3 is 10.3 Å². The van der Waals surface area contributed by atoms with Crippen LogP contribution >= 0.6 is 23.1 Å². The van der Waals surface area contributed by atoms with Crippen molar-refractivity contribution in [2.24, 2.45) is 0 Å². The maximum absolute atomic E-state index is 12.8. The fraction of sp³-hybridized carbons (Fsp3) is 0.136. The Kier molecular flexibility index (Phi) is 6.06. The predicted molar refractivity (Wildman–Crippen MR) is 128 cm³/mol. The fourth-order valence-corrected chi connectivity index (χ4v) is 4.81. The van der Waals surface area contributed by atoms with E-state index in [1.54, 1.807) is 6.07 Å². The highest BCUT2D eigenvalue weighted by Gasteiger charge is 2.15. The zero-order chi connectivity index (χ0) is 22.8. The number of carbonyl (C=O) groups is 1. The molecular weight excluding hydrogens is 448 g/mol. The smallest absolute Gasteiger partial charge is 0.271 e. The number of amides is 1. The van der Waals surface area contributed by atoms with Gasteiger partial charge in [0.05, 0.1) is 16.1 Å². The first-order valence-corrected chi connectivity index (χ1v) is 11.4. The summed E-state index contributed by atoms with van der Waals surface area (Å²) in [5.74, 6) is -0.368. The molecule has 2 N–H and O–H groups in total. The van der Waals surface area contributed by atoms with Gasteiger partial charge in [-0.25, -0.2) is 4.98 Å². The molecule has 1 amide bonds. The second kappa shape index (κ2) is 8.93. The lowest BCUT2D eigenvalue weighted by Gasteiger charge is -2.06. The van der Waals surface area contributed by atoms with Crippen LogP contribution in [-0.4, -0.2) is 26.6 Å². The van der Waals surface area contributed by atoms with Crippen molar-refractivity contribution >= 4 is 50.6 Å². The summed E-state index contributed by atoms with van der Waals surface area (Å²) in [4.78, 5) is 43.2. The SMILES string of the molecule is Cc1ccc(-c2csc3nc(SCC(=O)Nc4cccc([N+](=O)[O-])c4)[nH]c(=O)c23)cc1C. The second-order valence-corrected chi connectivity index (χ2v) is 8.97. The molecule has 162 valence electrons. The summed E-state index contributed by atoms with van der Waals surface area (Å²) >= 11 is 2.47. The Morgan fingerprint density at radius 3 is 2.78 bits per heavy atom. The highest BCUT2D eigenvalue weighted by molar-refractivity contribution is 7.99. The van der Waals surface area contributed by atoms with Crippen molar-refractivity contribution in [1.82, 2.24) is 9.97 Å². The van der Waals surface area contributed by atoms with Crippen LogP contribution in [0.5, 0.6) is 0 Å². The van der Waals surface area contributed by atoms with Gasteiger partial charge in [0.15, 0.2) is 5.16 Å². The van der Waals surface area contributed by atoms with E-state index in [9.17, 15) is 19.7 Å². The zero-order valence-corrected chi connectivity index (χ0v) is 18.8. The molecular formula is C22H18N4O4S2. The van der Waals surface area contributed by atoms with Gasteiger partial charge in [-0.3, -0.25) is 19.7 Å². The molecule has 0 saturated heterocycles. The van der Waals surface area contributed by atoms with E-state index >= 15 is 0 Å². The van der Waals surface area contributed by atoms with Crippen LogP contribution in [0.15, 0.2) is 57.8 Å². The van der Waals surface area contributed by atoms with Crippen LogP contribution in [-0.2, 0) is 4.79 Å². The Labute approximate surface area is 190 Å². The van der Waals surface area contributed by atoms with Crippen molar-refractivity contribution in [1.29, 1.82) is 0 Å². The van der Waals surface area contributed by atoms with Crippen LogP contribution in [0.1, 0.15) is 11.1 Å². The standard InChI is InChI=1S/C22H18N4O4S2/c1-12-6-7-14(8-13(12)2)17-10-31-21-19(17)20(28)24-22(25-21)32-11-18(27)23-15-4-3-5-16(9-15)26(29)30/h3-10H,11H2,1-2H3,(H,23,27)(H,24,25,28). The van der Waals surface area contributed by atoms with Gasteiger partial charge >= 0.3 is 0 Å². The topological polar surface area (TPSA) is 118 Å². The number of thioether (sulfide) groups is 1. The van der Waals surface area contributed by atoms with E-state index in [-0.39, 0.29) is 22.9 Å². The number of aryl methyl sites for hydroxylation is 2. The number of hydrogen-bond acceptors (Lipinski definition) is 7. The number of H-pyrrole nitrogens is 1. The van der Waals surface area contributed by atoms with Crippen molar-refractivity contribution in [3.05, 3.63) is 79.4 Å². The Morgan fingerprint density at radius 1 is 1.22 bits per heavy atom. The number of thiophene rings is 1. The van der Waals surface area contributed by atoms with Gasteiger partial charge in [0.2, 0.25) is 5.91 Å². The largest absolute Gasteiger partial charge is 0.325 e. The first-order valence-electron chi connectivity index (χ1n) is 9.58. The Bertz CT molecular complexity index is 1410. The number of rotatable bonds is 6. The number of non-ortho nitro benzene ring substituents is 1. The van der Waals surface area contributed by atoms with Crippen LogP contribution in [0, 0.1) is 24.0 Å². The lowest BCUT2D eigenvalue weighted by Crippen LogP contribution is -2.15. The van der Waals surface area contributed by atoms with Crippen LogP contribution in [0.2, 0.25) is 0 Å². The van der Waals surface area contributed by atoms with E-state index < -0.39 is 4.92 Å². The average Bonchev–Trinajstić information content (AvgIpc) is 3.19. The first-order chi connectivity index (χ1) is 15.3. The number of aromatic amines is 1. The van der Waals surface area contributed by atoms with Gasteiger partial charge in [-0.1, -0.05) is 36.0 Å². The van der Waals surface area contributed by atoms with Crippen molar-refractivity contribution in [3.8, 4) is 11.1 Å². The van der Waals surface area contributed by atoms with E-state index in [2.05, 4.69) is 21.4 Å². The van der Waals surface area contributed by atoms with Crippen molar-refractivity contribution in [2.45, 2.75) is 19.0 Å². The lowest BCUT2D eigenvalue weighted by molar-refractivity contribution is -0.384. The number of anilines is 1. The summed E-state index contributed by atoms with van der Waals surface area (Å²) in [6.45, 7) is 4.07. The van der Waals surface area contributed by atoms with Gasteiger partial charge in [-0.05, 0) is 36.6 Å². The number of nitro benzene ring substituents is 1. The molecule has 0 unspecified atom stereocenters. The van der Waals surface area contributed by atoms with Crippen molar-refractivity contribution in [2.75, 3.05) is 11.1 Å². The molecule has 0 bridgehead atoms. The van der Waals surface area contributed by atoms with E-state index in [4.69, 9.17) is 0 Å². The number of nitrogens with zero attached hydrogens (tertiary/aromatic N) is 2. The first kappa shape index (κ1) is 21.7. The summed E-state index contributed by atoms with van der Waals surface area (Å²) in [6, 6.07) is 11.8. The molecule has 4 aromatic rings. The summed E-state index contributed by atoms with van der Waals surface area (Å²) in [6.07, 6.45) is 0. The fourth-order valence-electron chi connectivity index (χ4n) is 3.15. The normalized spacial score (nSPS) is 10.9. The lowest BCUT2D eigenvalue weighted by atomic mass is 10.0. The molecule has 32 heavy (non-hydrogen) atoms. The minimum Gasteiger partial charge on any atom is -0.325 e. The van der Waals surface area contributed by atoms with Crippen LogP contribution in [0.3, 0.4) is 0 Å². The molecule has 0 saturated carbocycles. The summed E-state index contributed by atoms with van der Waals surface area (Å²) < 4.78 is 0. The van der Waals surface area contributed by atoms with Gasteiger partial charge in [0, 0.05) is 28.8 Å². The molecule has 2 aromatic carbocycles. The quantitative estimate of drug-likeness (QED) is 0.180. The molecule has 0 aliphatic heterocycles. The molecule has 0 atom stereocenters. The number of nitro groups is 1. The predicted octanol–water partition coefficient (Wildman–Crippen LogP) is 4.91. The van der Waals surface area contributed by atoms with E-state index in [0.29, 0.717) is 21.1 Å². The molecule has 0 aliphatic rings. The number of aromatic nitrogens is 2. The van der Waals surface area contributed by atoms with Crippen LogP contribution in [0.4, 0.5) is 11.4 Å². The number of fused-ring (bicyclic) bond motifs is 1. The Morgan fingerprint density at radius 2 is 2.03 bits per heavy atom. The van der Waals surface area contributed by atoms with E-state index in [0.717, 1.165) is 28.5 Å². The number of nitrogens with one attached hydrogen (secondary N) is 2. The third kappa shape index (κ3) is 4.56. The second-order valence-electron chi connectivity index (χ2n) is 7.14. The zero-order valence-electron chi connectivity index (χ0n) is 17.2. The van der Waals surface area contributed by atoms with Gasteiger partial charge in [-0.2, -0.15) is 0 Å². The maximum Gasteiger partial charge on any atom is 0.271 e. The van der Waals surface area contributed by atoms with Crippen LogP contribution in [0.25, 0.3) is 21.3 Å². The molecule has 0 radical (unpaired) electrons. The van der Waals surface area contributed by atoms with Crippen molar-refractivity contribution in [3.63, 3.8) is 0 Å². The molecule has 0 aliphatic carbocycles. The van der Waals surface area contributed by atoms with E-state index in [1.165, 1.54) is 35.1 Å². The van der Waals surface area contributed by atoms with Gasteiger partial charge in [0.25, 0.3) is 11.2 Å². The minimum absolute atomic E-state index is 0.00741. The molecule has 2 heterocycles. The number of carbonyl (C=O) groups excluding carboxylic acids is 1. The molecule has 0 spiro atoms. The monoisotopic (exact) mass is 466 g/mol. The number of benzene rings is 2.